The molecule has 0 radical (unpaired) electrons. The number of aromatic nitrogens is 2. The highest BCUT2D eigenvalue weighted by Crippen LogP contribution is 2.14. The molecule has 2 heterocycles. The van der Waals surface area contributed by atoms with Crippen molar-refractivity contribution in [3.05, 3.63) is 21.8 Å². The Morgan fingerprint density at radius 3 is 3.29 bits per heavy atom. The van der Waals surface area contributed by atoms with E-state index in [0.29, 0.717) is 10.6 Å². The van der Waals surface area contributed by atoms with Crippen LogP contribution in [-0.2, 0) is 0 Å². The molecule has 0 fully saturated rings. The van der Waals surface area contributed by atoms with Gasteiger partial charge >= 0.3 is 0 Å². The summed E-state index contributed by atoms with van der Waals surface area (Å²) in [5.41, 5.74) is 0.695. The highest BCUT2D eigenvalue weighted by molar-refractivity contribution is 7.17. The summed E-state index contributed by atoms with van der Waals surface area (Å²) in [6.07, 6.45) is 1.01. The SMILES string of the molecule is CCCNc1nc2ccsc2c(=O)[nH]1. The number of hydrogen-bond acceptors (Lipinski definition) is 4. The second-order valence-electron chi connectivity index (χ2n) is 2.98. The normalized spacial score (nSPS) is 10.6. The number of nitrogens with zero attached hydrogens (tertiary/aromatic N) is 1. The number of aromatic amines is 1. The zero-order valence-electron chi connectivity index (χ0n) is 7.83. The number of nitrogens with one attached hydrogen (secondary N) is 2. The molecule has 0 saturated heterocycles. The van der Waals surface area contributed by atoms with E-state index >= 15 is 0 Å². The first-order chi connectivity index (χ1) is 6.81. The molecule has 0 saturated carbocycles. The number of fused-ring (bicyclic) bond motifs is 1. The van der Waals surface area contributed by atoms with Crippen LogP contribution in [0.25, 0.3) is 10.2 Å². The summed E-state index contributed by atoms with van der Waals surface area (Å²) >= 11 is 1.41. The average Bonchev–Trinajstić information content (AvgIpc) is 2.63. The van der Waals surface area contributed by atoms with E-state index in [2.05, 4.69) is 22.2 Å². The van der Waals surface area contributed by atoms with Crippen molar-refractivity contribution in [1.29, 1.82) is 0 Å². The molecule has 0 bridgehead atoms. The number of hydrogen-bond donors (Lipinski definition) is 2. The molecule has 0 aliphatic heterocycles. The Balaban J connectivity index is 2.43. The maximum atomic E-state index is 11.5. The van der Waals surface area contributed by atoms with E-state index in [-0.39, 0.29) is 5.56 Å². The van der Waals surface area contributed by atoms with E-state index in [0.717, 1.165) is 18.5 Å². The van der Waals surface area contributed by atoms with Gasteiger partial charge in [-0.05, 0) is 17.9 Å². The van der Waals surface area contributed by atoms with Gasteiger partial charge in [0.2, 0.25) is 5.95 Å². The lowest BCUT2D eigenvalue weighted by Crippen LogP contribution is -2.12. The van der Waals surface area contributed by atoms with Gasteiger partial charge < -0.3 is 5.32 Å². The molecule has 2 aromatic rings. The zero-order chi connectivity index (χ0) is 9.97. The number of rotatable bonds is 3. The van der Waals surface area contributed by atoms with Crippen LogP contribution in [0.3, 0.4) is 0 Å². The minimum Gasteiger partial charge on any atom is -0.356 e. The number of thiophene rings is 1. The largest absolute Gasteiger partial charge is 0.356 e. The van der Waals surface area contributed by atoms with E-state index < -0.39 is 0 Å². The molecule has 14 heavy (non-hydrogen) atoms. The van der Waals surface area contributed by atoms with E-state index in [9.17, 15) is 4.79 Å². The molecule has 4 nitrogen and oxygen atoms in total. The summed E-state index contributed by atoms with van der Waals surface area (Å²) in [5, 5.41) is 4.93. The molecule has 74 valence electrons. The minimum absolute atomic E-state index is 0.0661. The van der Waals surface area contributed by atoms with Crippen LogP contribution in [0.15, 0.2) is 16.2 Å². The Morgan fingerprint density at radius 1 is 1.64 bits per heavy atom. The van der Waals surface area contributed by atoms with Crippen molar-refractivity contribution in [2.24, 2.45) is 0 Å². The van der Waals surface area contributed by atoms with Gasteiger partial charge in [-0.1, -0.05) is 6.92 Å². The maximum absolute atomic E-state index is 11.5. The third kappa shape index (κ3) is 1.63. The van der Waals surface area contributed by atoms with Crippen LogP contribution >= 0.6 is 11.3 Å². The van der Waals surface area contributed by atoms with Gasteiger partial charge in [0.15, 0.2) is 0 Å². The Kier molecular flexibility index (Phi) is 2.49. The molecule has 2 aromatic heterocycles. The van der Waals surface area contributed by atoms with Crippen molar-refractivity contribution in [1.82, 2.24) is 9.97 Å². The topological polar surface area (TPSA) is 57.8 Å². The van der Waals surface area contributed by atoms with Gasteiger partial charge in [-0.25, -0.2) is 4.98 Å². The van der Waals surface area contributed by atoms with Crippen molar-refractivity contribution in [3.8, 4) is 0 Å². The molecule has 0 amide bonds. The summed E-state index contributed by atoms with van der Waals surface area (Å²) in [7, 11) is 0. The predicted octanol–water partition coefficient (Wildman–Crippen LogP) is 1.81. The molecule has 5 heteroatoms. The molecule has 0 unspecified atom stereocenters. The van der Waals surface area contributed by atoms with Crippen LogP contribution in [0.1, 0.15) is 13.3 Å². The number of anilines is 1. The van der Waals surface area contributed by atoms with Crippen LogP contribution in [0.2, 0.25) is 0 Å². The molecule has 0 aliphatic carbocycles. The predicted molar refractivity (Wildman–Crippen MR) is 59.0 cm³/mol. The smallest absolute Gasteiger partial charge is 0.270 e. The average molecular weight is 209 g/mol. The Morgan fingerprint density at radius 2 is 2.50 bits per heavy atom. The fourth-order valence-corrected chi connectivity index (χ4v) is 1.93. The monoisotopic (exact) mass is 209 g/mol. The van der Waals surface area contributed by atoms with Crippen LogP contribution in [-0.4, -0.2) is 16.5 Å². The lowest BCUT2D eigenvalue weighted by molar-refractivity contribution is 0.954. The quantitative estimate of drug-likeness (QED) is 0.810. The second kappa shape index (κ2) is 3.79. The lowest BCUT2D eigenvalue weighted by Gasteiger charge is -2.02. The first kappa shape index (κ1) is 9.21. The summed E-state index contributed by atoms with van der Waals surface area (Å²) in [4.78, 5) is 18.5. The molecule has 0 aromatic carbocycles. The van der Waals surface area contributed by atoms with Crippen LogP contribution in [0.4, 0.5) is 5.95 Å². The highest BCUT2D eigenvalue weighted by Gasteiger charge is 2.03. The first-order valence-corrected chi connectivity index (χ1v) is 5.40. The second-order valence-corrected chi connectivity index (χ2v) is 3.89. The van der Waals surface area contributed by atoms with Gasteiger partial charge in [-0.15, -0.1) is 11.3 Å². The summed E-state index contributed by atoms with van der Waals surface area (Å²) in [6, 6.07) is 1.85. The molecular weight excluding hydrogens is 198 g/mol. The third-order valence-electron chi connectivity index (χ3n) is 1.86. The van der Waals surface area contributed by atoms with Gasteiger partial charge in [0.1, 0.15) is 4.70 Å². The van der Waals surface area contributed by atoms with E-state index in [1.54, 1.807) is 0 Å². The molecule has 2 rings (SSSR count). The lowest BCUT2D eigenvalue weighted by atomic mass is 10.4. The van der Waals surface area contributed by atoms with Gasteiger partial charge in [0.25, 0.3) is 5.56 Å². The van der Waals surface area contributed by atoms with Crippen LogP contribution in [0, 0.1) is 0 Å². The van der Waals surface area contributed by atoms with Crippen LogP contribution in [0.5, 0.6) is 0 Å². The van der Waals surface area contributed by atoms with Gasteiger partial charge in [0.05, 0.1) is 5.52 Å². The van der Waals surface area contributed by atoms with E-state index in [4.69, 9.17) is 0 Å². The molecule has 2 N–H and O–H groups in total. The summed E-state index contributed by atoms with van der Waals surface area (Å²) in [5.74, 6) is 0.558. The van der Waals surface area contributed by atoms with E-state index in [1.165, 1.54) is 11.3 Å². The highest BCUT2D eigenvalue weighted by atomic mass is 32.1. The van der Waals surface area contributed by atoms with Crippen molar-refractivity contribution in [2.75, 3.05) is 11.9 Å². The molecule has 0 atom stereocenters. The summed E-state index contributed by atoms with van der Waals surface area (Å²) in [6.45, 7) is 2.88. The molecule has 0 spiro atoms. The Hall–Kier alpha value is -1.36. The Bertz CT molecular complexity index is 488. The fraction of sp³-hybridized carbons (Fsp3) is 0.333. The van der Waals surface area contributed by atoms with Gasteiger partial charge in [0, 0.05) is 6.54 Å². The minimum atomic E-state index is -0.0661. The van der Waals surface area contributed by atoms with Crippen molar-refractivity contribution >= 4 is 27.5 Å². The first-order valence-electron chi connectivity index (χ1n) is 4.52. The number of H-pyrrole nitrogens is 1. The van der Waals surface area contributed by atoms with Crippen molar-refractivity contribution in [3.63, 3.8) is 0 Å². The zero-order valence-corrected chi connectivity index (χ0v) is 8.65. The summed E-state index contributed by atoms with van der Waals surface area (Å²) < 4.78 is 0.687. The molecule has 0 aliphatic rings. The standard InChI is InChI=1S/C9H11N3OS/c1-2-4-10-9-11-6-3-5-14-7(6)8(13)12-9/h3,5H,2,4H2,1H3,(H2,10,11,12,13). The fourth-order valence-electron chi connectivity index (χ4n) is 1.20. The van der Waals surface area contributed by atoms with Gasteiger partial charge in [-0.2, -0.15) is 0 Å². The molecular formula is C9H11N3OS. The van der Waals surface area contributed by atoms with Crippen LogP contribution < -0.4 is 10.9 Å². The third-order valence-corrected chi connectivity index (χ3v) is 2.76. The van der Waals surface area contributed by atoms with Crippen molar-refractivity contribution < 1.29 is 0 Å². The van der Waals surface area contributed by atoms with Gasteiger partial charge in [-0.3, -0.25) is 9.78 Å². The Labute approximate surface area is 85.0 Å². The van der Waals surface area contributed by atoms with Crippen molar-refractivity contribution in [2.45, 2.75) is 13.3 Å². The maximum Gasteiger partial charge on any atom is 0.270 e. The van der Waals surface area contributed by atoms with E-state index in [1.807, 2.05) is 11.4 Å².